The maximum atomic E-state index is 14.3. The van der Waals surface area contributed by atoms with E-state index in [2.05, 4.69) is 15.9 Å². The van der Waals surface area contributed by atoms with Gasteiger partial charge < -0.3 is 14.2 Å². The lowest BCUT2D eigenvalue weighted by atomic mass is 9.62. The van der Waals surface area contributed by atoms with Gasteiger partial charge in [-0.25, -0.2) is 4.79 Å². The van der Waals surface area contributed by atoms with Gasteiger partial charge in [0.05, 0.1) is 31.8 Å². The Morgan fingerprint density at radius 3 is 2.38 bits per heavy atom. The average Bonchev–Trinajstić information content (AvgIpc) is 2.88. The van der Waals surface area contributed by atoms with E-state index >= 15 is 0 Å². The van der Waals surface area contributed by atoms with Gasteiger partial charge in [0.2, 0.25) is 0 Å². The predicted octanol–water partition coefficient (Wildman–Crippen LogP) is 5.39. The molecule has 0 amide bonds. The zero-order valence-corrected chi connectivity index (χ0v) is 22.9. The van der Waals surface area contributed by atoms with E-state index in [9.17, 15) is 14.4 Å². The van der Waals surface area contributed by atoms with Crippen LogP contribution in [0.25, 0.3) is 0 Å². The number of aliphatic imine (C=N–C) groups is 1. The van der Waals surface area contributed by atoms with Crippen molar-refractivity contribution in [1.82, 2.24) is 0 Å². The highest BCUT2D eigenvalue weighted by atomic mass is 79.9. The summed E-state index contributed by atoms with van der Waals surface area (Å²) in [5.41, 5.74) is 3.06. The maximum absolute atomic E-state index is 14.3. The van der Waals surface area contributed by atoms with Crippen LogP contribution in [0.4, 0.5) is 0 Å². The third-order valence-electron chi connectivity index (χ3n) is 6.91. The van der Waals surface area contributed by atoms with Crippen molar-refractivity contribution in [2.75, 3.05) is 20.3 Å². The van der Waals surface area contributed by atoms with Gasteiger partial charge in [-0.15, -0.1) is 0 Å². The normalized spacial score (nSPS) is 23.2. The summed E-state index contributed by atoms with van der Waals surface area (Å²) < 4.78 is 17.0. The molecule has 1 aliphatic heterocycles. The molecular weight excluding hydrogens is 538 g/mol. The van der Waals surface area contributed by atoms with Gasteiger partial charge in [-0.05, 0) is 62.6 Å². The summed E-state index contributed by atoms with van der Waals surface area (Å²) in [5, 5.41) is 0. The second-order valence-corrected chi connectivity index (χ2v) is 9.97. The van der Waals surface area contributed by atoms with Gasteiger partial charge >= 0.3 is 11.9 Å². The van der Waals surface area contributed by atoms with Gasteiger partial charge in [-0.3, -0.25) is 14.6 Å². The number of allylic oxidation sites excluding steroid dienone is 1. The number of halogens is 1. The van der Waals surface area contributed by atoms with Gasteiger partial charge in [0.1, 0.15) is 11.7 Å². The molecule has 4 rings (SSSR count). The van der Waals surface area contributed by atoms with Gasteiger partial charge in [-0.1, -0.05) is 40.2 Å². The Balaban J connectivity index is 1.90. The number of rotatable bonds is 7. The van der Waals surface area contributed by atoms with Crippen LogP contribution in [-0.2, 0) is 23.9 Å². The van der Waals surface area contributed by atoms with E-state index in [1.54, 1.807) is 27.9 Å². The molecule has 194 valence electrons. The van der Waals surface area contributed by atoms with Crippen LogP contribution in [0.1, 0.15) is 50.2 Å². The molecule has 8 heteroatoms. The van der Waals surface area contributed by atoms with Crippen LogP contribution in [0.2, 0.25) is 0 Å². The summed E-state index contributed by atoms with van der Waals surface area (Å²) in [5.74, 6) is -3.72. The number of carbonyl (C=O) groups excluding carboxylic acids is 3. The number of fused-ring (bicyclic) bond motifs is 1. The Kier molecular flexibility index (Phi) is 8.27. The Bertz CT molecular complexity index is 1280. The standard InChI is InChI=1S/C29H30BrNO6/c1-5-36-28(33)23-16(3)31-22-15-21(17-9-8-12-20(14-17)35-4)25(29(34)37-6-2)27(32)26(22)24(23)18-10-7-11-19(30)13-18/h7-14,21,24-26H,5-6,15H2,1-4H3/t21-,24-,25+,26?/m1/s1. The summed E-state index contributed by atoms with van der Waals surface area (Å²) in [6.45, 7) is 5.57. The minimum absolute atomic E-state index is 0.154. The van der Waals surface area contributed by atoms with Crippen molar-refractivity contribution in [3.05, 3.63) is 75.4 Å². The molecule has 2 aliphatic rings. The van der Waals surface area contributed by atoms with Crippen LogP contribution in [0.3, 0.4) is 0 Å². The van der Waals surface area contributed by atoms with Crippen LogP contribution >= 0.6 is 15.9 Å². The first kappa shape index (κ1) is 26.8. The topological polar surface area (TPSA) is 91.3 Å². The van der Waals surface area contributed by atoms with Crippen LogP contribution in [0.15, 0.2) is 69.3 Å². The van der Waals surface area contributed by atoms with Crippen molar-refractivity contribution in [2.45, 2.75) is 39.0 Å². The molecule has 37 heavy (non-hydrogen) atoms. The minimum Gasteiger partial charge on any atom is -0.497 e. The number of ether oxygens (including phenoxy) is 3. The molecule has 2 aromatic carbocycles. The second kappa shape index (κ2) is 11.4. The lowest BCUT2D eigenvalue weighted by Crippen LogP contribution is -2.48. The first-order valence-corrected chi connectivity index (χ1v) is 13.1. The molecule has 1 unspecified atom stereocenters. The van der Waals surface area contributed by atoms with Gasteiger partial charge in [0, 0.05) is 27.7 Å². The number of carbonyl (C=O) groups is 3. The molecule has 0 spiro atoms. The fourth-order valence-corrected chi connectivity index (χ4v) is 5.82. The molecule has 1 saturated carbocycles. The number of hydrogen-bond acceptors (Lipinski definition) is 7. The largest absolute Gasteiger partial charge is 0.497 e. The van der Waals surface area contributed by atoms with Crippen LogP contribution in [0, 0.1) is 11.8 Å². The van der Waals surface area contributed by atoms with Crippen molar-refractivity contribution in [3.63, 3.8) is 0 Å². The van der Waals surface area contributed by atoms with Crippen molar-refractivity contribution < 1.29 is 28.6 Å². The molecule has 1 fully saturated rings. The number of nitrogens with zero attached hydrogens (tertiary/aromatic N) is 1. The number of benzene rings is 2. The van der Waals surface area contributed by atoms with Crippen LogP contribution in [0.5, 0.6) is 5.75 Å². The summed E-state index contributed by atoms with van der Waals surface area (Å²) in [7, 11) is 1.57. The molecule has 0 radical (unpaired) electrons. The molecule has 0 saturated heterocycles. The smallest absolute Gasteiger partial charge is 0.336 e. The number of Topliss-reactive ketones (excluding diaryl/α,β-unsaturated/α-hetero) is 1. The Labute approximate surface area is 225 Å². The highest BCUT2D eigenvalue weighted by Gasteiger charge is 2.53. The Hall–Kier alpha value is -3.26. The summed E-state index contributed by atoms with van der Waals surface area (Å²) in [6, 6.07) is 14.9. The molecular formula is C29H30BrNO6. The van der Waals surface area contributed by atoms with Crippen molar-refractivity contribution >= 4 is 39.4 Å². The summed E-state index contributed by atoms with van der Waals surface area (Å²) in [6.07, 6.45) is 0.366. The lowest BCUT2D eigenvalue weighted by Gasteiger charge is -2.41. The predicted molar refractivity (Wildman–Crippen MR) is 143 cm³/mol. The number of hydrogen-bond donors (Lipinski definition) is 0. The van der Waals surface area contributed by atoms with Gasteiger partial charge in [0.15, 0.2) is 5.78 Å². The van der Waals surface area contributed by atoms with E-state index < -0.39 is 35.6 Å². The third-order valence-corrected chi connectivity index (χ3v) is 7.41. The monoisotopic (exact) mass is 567 g/mol. The molecule has 2 aromatic rings. The summed E-state index contributed by atoms with van der Waals surface area (Å²) >= 11 is 3.51. The number of methoxy groups -OCH3 is 1. The Morgan fingerprint density at radius 1 is 1.00 bits per heavy atom. The molecule has 0 bridgehead atoms. The minimum atomic E-state index is -1.05. The fourth-order valence-electron chi connectivity index (χ4n) is 5.40. The molecule has 1 heterocycles. The van der Waals surface area contributed by atoms with E-state index in [1.807, 2.05) is 48.5 Å². The number of ketones is 1. The van der Waals surface area contributed by atoms with E-state index in [1.165, 1.54) is 0 Å². The molecule has 7 nitrogen and oxygen atoms in total. The highest BCUT2D eigenvalue weighted by molar-refractivity contribution is 9.10. The number of esters is 2. The van der Waals surface area contributed by atoms with Crippen molar-refractivity contribution in [1.29, 1.82) is 0 Å². The van der Waals surface area contributed by atoms with E-state index in [4.69, 9.17) is 19.2 Å². The summed E-state index contributed by atoms with van der Waals surface area (Å²) in [4.78, 5) is 45.5. The zero-order valence-electron chi connectivity index (χ0n) is 21.3. The fraction of sp³-hybridized carbons (Fsp3) is 0.379. The molecule has 0 aromatic heterocycles. The third kappa shape index (κ3) is 5.25. The first-order valence-electron chi connectivity index (χ1n) is 12.4. The van der Waals surface area contributed by atoms with E-state index in [0.29, 0.717) is 29.2 Å². The molecule has 0 N–H and O–H groups in total. The highest BCUT2D eigenvalue weighted by Crippen LogP contribution is 2.48. The second-order valence-electron chi connectivity index (χ2n) is 9.05. The van der Waals surface area contributed by atoms with E-state index in [-0.39, 0.29) is 19.0 Å². The molecule has 4 atom stereocenters. The van der Waals surface area contributed by atoms with Crippen molar-refractivity contribution in [2.24, 2.45) is 16.8 Å². The average molecular weight is 568 g/mol. The zero-order chi connectivity index (χ0) is 26.7. The first-order chi connectivity index (χ1) is 17.8. The lowest BCUT2D eigenvalue weighted by molar-refractivity contribution is -0.153. The Morgan fingerprint density at radius 2 is 1.70 bits per heavy atom. The maximum Gasteiger partial charge on any atom is 0.336 e. The molecule has 1 aliphatic carbocycles. The quantitative estimate of drug-likeness (QED) is 0.329. The van der Waals surface area contributed by atoms with Crippen LogP contribution in [-0.4, -0.2) is 43.8 Å². The van der Waals surface area contributed by atoms with Crippen molar-refractivity contribution in [3.8, 4) is 5.75 Å². The van der Waals surface area contributed by atoms with E-state index in [0.717, 1.165) is 15.6 Å². The SMILES string of the molecule is CCOC(=O)C1=C(C)N=C2C[C@H](c3cccc(OC)c3)[C@H](C(=O)OCC)C(=O)C2[C@@H]1c1cccc(Br)c1. The van der Waals surface area contributed by atoms with Gasteiger partial charge in [-0.2, -0.15) is 0 Å². The van der Waals surface area contributed by atoms with Gasteiger partial charge in [0.25, 0.3) is 0 Å². The van der Waals surface area contributed by atoms with Crippen LogP contribution < -0.4 is 4.74 Å².